The van der Waals surface area contributed by atoms with Crippen LogP contribution in [0.1, 0.15) is 31.4 Å². The first-order valence-corrected chi connectivity index (χ1v) is 9.25. The molecule has 8 heteroatoms. The highest BCUT2D eigenvalue weighted by Crippen LogP contribution is 2.40. The number of piperazine rings is 1. The number of nitrogens with zero attached hydrogens (tertiary/aromatic N) is 3. The molecule has 1 aromatic heterocycles. The molecule has 0 bridgehead atoms. The zero-order valence-electron chi connectivity index (χ0n) is 13.7. The first kappa shape index (κ1) is 17.5. The second-order valence-electron chi connectivity index (χ2n) is 6.69. The van der Waals surface area contributed by atoms with Crippen LogP contribution in [0.4, 0.5) is 18.3 Å². The van der Waals surface area contributed by atoms with Gasteiger partial charge < -0.3 is 9.80 Å². The number of alkyl halides is 3. The molecule has 4 nitrogen and oxygen atoms in total. The molecule has 1 aliphatic carbocycles. The summed E-state index contributed by atoms with van der Waals surface area (Å²) in [5, 5.41) is 2.95. The first-order valence-electron chi connectivity index (χ1n) is 8.37. The lowest BCUT2D eigenvalue weighted by Gasteiger charge is -2.38. The number of thiazole rings is 1. The van der Waals surface area contributed by atoms with Gasteiger partial charge in [0.05, 0.1) is 11.6 Å². The third kappa shape index (κ3) is 3.84. The lowest BCUT2D eigenvalue weighted by molar-refractivity contribution is -0.187. The summed E-state index contributed by atoms with van der Waals surface area (Å²) in [5.41, 5.74) is 0.980. The molecule has 2 unspecified atom stereocenters. The van der Waals surface area contributed by atoms with Crippen molar-refractivity contribution in [3.63, 3.8) is 0 Å². The second kappa shape index (κ2) is 6.90. The van der Waals surface area contributed by atoms with Crippen molar-refractivity contribution in [2.45, 2.75) is 38.8 Å². The zero-order valence-corrected chi connectivity index (χ0v) is 14.5. The molecule has 2 fully saturated rings. The minimum absolute atomic E-state index is 0.0474. The molecule has 1 saturated carbocycles. The van der Waals surface area contributed by atoms with Gasteiger partial charge in [0.25, 0.3) is 0 Å². The van der Waals surface area contributed by atoms with Crippen LogP contribution in [0.5, 0.6) is 0 Å². The highest BCUT2D eigenvalue weighted by molar-refractivity contribution is 7.13. The third-order valence-electron chi connectivity index (χ3n) is 4.96. The van der Waals surface area contributed by atoms with Crippen LogP contribution in [0.25, 0.3) is 0 Å². The molecule has 2 heterocycles. The van der Waals surface area contributed by atoms with E-state index in [1.807, 2.05) is 12.3 Å². The van der Waals surface area contributed by atoms with Gasteiger partial charge in [-0.05, 0) is 26.2 Å². The number of anilines is 1. The molecular formula is C16H22F3N3OS. The molecule has 3 rings (SSSR count). The lowest BCUT2D eigenvalue weighted by Crippen LogP contribution is -2.51. The monoisotopic (exact) mass is 361 g/mol. The zero-order chi connectivity index (χ0) is 17.3. The molecule has 1 amide bonds. The standard InChI is InChI=1S/C16H22F3N3OS/c1-11-10-24-15(20-11)22-7-5-21(6-8-22)14(23)12-3-2-4-13(9-12)16(17,18)19/h10,12-13H,2-9H2,1H3. The highest BCUT2D eigenvalue weighted by atomic mass is 32.1. The number of carbonyl (C=O) groups is 1. The van der Waals surface area contributed by atoms with Gasteiger partial charge in [-0.2, -0.15) is 13.2 Å². The minimum atomic E-state index is -4.18. The van der Waals surface area contributed by atoms with E-state index in [1.54, 1.807) is 16.2 Å². The Kier molecular flexibility index (Phi) is 5.03. The Morgan fingerprint density at radius 1 is 1.25 bits per heavy atom. The van der Waals surface area contributed by atoms with E-state index in [1.165, 1.54) is 0 Å². The van der Waals surface area contributed by atoms with Crippen molar-refractivity contribution in [2.24, 2.45) is 11.8 Å². The first-order chi connectivity index (χ1) is 11.3. The number of aromatic nitrogens is 1. The van der Waals surface area contributed by atoms with Crippen molar-refractivity contribution in [3.8, 4) is 0 Å². The van der Waals surface area contributed by atoms with E-state index in [-0.39, 0.29) is 18.7 Å². The van der Waals surface area contributed by atoms with Crippen molar-refractivity contribution >= 4 is 22.4 Å². The van der Waals surface area contributed by atoms with Crippen LogP contribution in [-0.4, -0.2) is 48.1 Å². The van der Waals surface area contributed by atoms with Gasteiger partial charge in [0, 0.05) is 37.5 Å². The number of hydrogen-bond acceptors (Lipinski definition) is 4. The molecule has 0 aromatic carbocycles. The third-order valence-corrected chi connectivity index (χ3v) is 5.97. The Balaban J connectivity index is 1.55. The Hall–Kier alpha value is -1.31. The summed E-state index contributed by atoms with van der Waals surface area (Å²) in [6, 6.07) is 0. The van der Waals surface area contributed by atoms with Crippen LogP contribution in [-0.2, 0) is 4.79 Å². The van der Waals surface area contributed by atoms with E-state index in [0.717, 1.165) is 10.8 Å². The number of amides is 1. The smallest absolute Gasteiger partial charge is 0.345 e. The van der Waals surface area contributed by atoms with Gasteiger partial charge in [-0.1, -0.05) is 6.42 Å². The average molecular weight is 361 g/mol. The van der Waals surface area contributed by atoms with Crippen LogP contribution in [0.3, 0.4) is 0 Å². The van der Waals surface area contributed by atoms with E-state index < -0.39 is 18.0 Å². The summed E-state index contributed by atoms with van der Waals surface area (Å²) in [6.45, 7) is 4.44. The number of halogens is 3. The van der Waals surface area contributed by atoms with E-state index >= 15 is 0 Å². The molecular weight excluding hydrogens is 339 g/mol. The van der Waals surface area contributed by atoms with Gasteiger partial charge in [0.1, 0.15) is 0 Å². The fourth-order valence-electron chi connectivity index (χ4n) is 3.57. The largest absolute Gasteiger partial charge is 0.391 e. The van der Waals surface area contributed by atoms with Gasteiger partial charge in [-0.15, -0.1) is 11.3 Å². The molecule has 24 heavy (non-hydrogen) atoms. The van der Waals surface area contributed by atoms with Crippen LogP contribution in [0.15, 0.2) is 5.38 Å². The predicted octanol–water partition coefficient (Wildman–Crippen LogP) is 3.47. The number of carbonyl (C=O) groups excluding carboxylic acids is 1. The van der Waals surface area contributed by atoms with Crippen LogP contribution < -0.4 is 4.90 Å². The van der Waals surface area contributed by atoms with E-state index in [9.17, 15) is 18.0 Å². The maximum atomic E-state index is 12.9. The SMILES string of the molecule is Cc1csc(N2CCN(C(=O)C3CCCC(C(F)(F)F)C3)CC2)n1. The summed E-state index contributed by atoms with van der Waals surface area (Å²) in [5.74, 6) is -1.89. The molecule has 0 N–H and O–H groups in total. The Morgan fingerprint density at radius 3 is 2.54 bits per heavy atom. The number of hydrogen-bond donors (Lipinski definition) is 0. The summed E-state index contributed by atoms with van der Waals surface area (Å²) >= 11 is 1.58. The molecule has 0 spiro atoms. The quantitative estimate of drug-likeness (QED) is 0.809. The summed E-state index contributed by atoms with van der Waals surface area (Å²) in [7, 11) is 0. The molecule has 1 aliphatic heterocycles. The molecule has 2 atom stereocenters. The van der Waals surface area contributed by atoms with E-state index in [4.69, 9.17) is 0 Å². The van der Waals surface area contributed by atoms with Gasteiger partial charge >= 0.3 is 6.18 Å². The van der Waals surface area contributed by atoms with E-state index in [2.05, 4.69) is 9.88 Å². The summed E-state index contributed by atoms with van der Waals surface area (Å²) in [4.78, 5) is 20.9. The summed E-state index contributed by atoms with van der Waals surface area (Å²) in [6.07, 6.45) is -3.00. The Bertz CT molecular complexity index is 581. The van der Waals surface area contributed by atoms with Crippen LogP contribution in [0, 0.1) is 18.8 Å². The average Bonchev–Trinajstić information content (AvgIpc) is 3.00. The number of rotatable bonds is 2. The van der Waals surface area contributed by atoms with Gasteiger partial charge in [-0.25, -0.2) is 4.98 Å². The Morgan fingerprint density at radius 2 is 1.96 bits per heavy atom. The molecule has 2 aliphatic rings. The maximum Gasteiger partial charge on any atom is 0.391 e. The maximum absolute atomic E-state index is 12.9. The van der Waals surface area contributed by atoms with Crippen LogP contribution >= 0.6 is 11.3 Å². The van der Waals surface area contributed by atoms with Crippen LogP contribution in [0.2, 0.25) is 0 Å². The van der Waals surface area contributed by atoms with E-state index in [0.29, 0.717) is 39.0 Å². The second-order valence-corrected chi connectivity index (χ2v) is 7.52. The number of aryl methyl sites for hydroxylation is 1. The van der Waals surface area contributed by atoms with Crippen molar-refractivity contribution in [1.82, 2.24) is 9.88 Å². The van der Waals surface area contributed by atoms with Crippen molar-refractivity contribution in [1.29, 1.82) is 0 Å². The topological polar surface area (TPSA) is 36.4 Å². The fraction of sp³-hybridized carbons (Fsp3) is 0.750. The molecule has 1 saturated heterocycles. The normalized spacial score (nSPS) is 25.8. The van der Waals surface area contributed by atoms with Gasteiger partial charge in [0.2, 0.25) is 5.91 Å². The van der Waals surface area contributed by atoms with Gasteiger partial charge in [-0.3, -0.25) is 4.79 Å². The van der Waals surface area contributed by atoms with Crippen molar-refractivity contribution in [2.75, 3.05) is 31.1 Å². The highest BCUT2D eigenvalue weighted by Gasteiger charge is 2.44. The van der Waals surface area contributed by atoms with Gasteiger partial charge in [0.15, 0.2) is 5.13 Å². The molecule has 1 aromatic rings. The fourth-order valence-corrected chi connectivity index (χ4v) is 4.43. The van der Waals surface area contributed by atoms with Crippen molar-refractivity contribution in [3.05, 3.63) is 11.1 Å². The molecule has 134 valence electrons. The predicted molar refractivity (Wildman–Crippen MR) is 87.1 cm³/mol. The summed E-state index contributed by atoms with van der Waals surface area (Å²) < 4.78 is 38.8. The molecule has 0 radical (unpaired) electrons. The Labute approximate surface area is 143 Å². The minimum Gasteiger partial charge on any atom is -0.345 e. The lowest BCUT2D eigenvalue weighted by atomic mass is 9.80. The van der Waals surface area contributed by atoms with Crippen molar-refractivity contribution < 1.29 is 18.0 Å².